The molecule has 174 valence electrons. The maximum Gasteiger partial charge on any atom is 0.0342 e. The molecular formula is C33H24S3. The smallest absolute Gasteiger partial charge is 0.0342 e. The standard InChI is InChI=1S/C33H24S3/c1-3-11-28(12-4-1)35-30-15-7-9-25(22-30)33(27-17-18-32-24(21-27)19-20-34-32)26-10-8-16-31(23-26)36-29-13-5-2-6-14-29/h1-23,33H. The van der Waals surface area contributed by atoms with Crippen molar-refractivity contribution in [1.29, 1.82) is 0 Å². The molecule has 5 aromatic carbocycles. The molecule has 0 saturated heterocycles. The SMILES string of the molecule is c1ccc(Sc2cccc(C(c3cccc(Sc4ccccc4)c3)c3ccc4sccc4c3)c2)cc1. The van der Waals surface area contributed by atoms with E-state index in [-0.39, 0.29) is 5.92 Å². The minimum Gasteiger partial charge on any atom is -0.144 e. The van der Waals surface area contributed by atoms with Gasteiger partial charge in [-0.1, -0.05) is 90.3 Å². The third-order valence-corrected chi connectivity index (χ3v) is 9.04. The Bertz CT molecular complexity index is 1500. The number of hydrogen-bond donors (Lipinski definition) is 0. The number of thiophene rings is 1. The lowest BCUT2D eigenvalue weighted by molar-refractivity contribution is 0.966. The van der Waals surface area contributed by atoms with Crippen LogP contribution in [0, 0.1) is 0 Å². The average Bonchev–Trinajstić information content (AvgIpc) is 3.39. The zero-order valence-corrected chi connectivity index (χ0v) is 22.0. The molecule has 1 heterocycles. The summed E-state index contributed by atoms with van der Waals surface area (Å²) in [6, 6.07) is 48.4. The molecule has 0 aliphatic rings. The summed E-state index contributed by atoms with van der Waals surface area (Å²) in [7, 11) is 0. The van der Waals surface area contributed by atoms with Crippen molar-refractivity contribution in [2.24, 2.45) is 0 Å². The Morgan fingerprint density at radius 2 is 0.972 bits per heavy atom. The van der Waals surface area contributed by atoms with Gasteiger partial charge in [0.15, 0.2) is 0 Å². The van der Waals surface area contributed by atoms with Crippen LogP contribution in [0.4, 0.5) is 0 Å². The van der Waals surface area contributed by atoms with Crippen LogP contribution < -0.4 is 0 Å². The second kappa shape index (κ2) is 10.8. The zero-order chi connectivity index (χ0) is 24.2. The van der Waals surface area contributed by atoms with E-state index in [0.29, 0.717) is 0 Å². The van der Waals surface area contributed by atoms with Gasteiger partial charge in [-0.25, -0.2) is 0 Å². The first kappa shape index (κ1) is 23.2. The Kier molecular flexibility index (Phi) is 6.95. The molecular weight excluding hydrogens is 493 g/mol. The Balaban J connectivity index is 1.42. The van der Waals surface area contributed by atoms with Crippen LogP contribution in [0.1, 0.15) is 22.6 Å². The lowest BCUT2D eigenvalue weighted by Crippen LogP contribution is -2.04. The predicted octanol–water partition coefficient (Wildman–Crippen LogP) is 10.4. The lowest BCUT2D eigenvalue weighted by atomic mass is 9.85. The summed E-state index contributed by atoms with van der Waals surface area (Å²) < 4.78 is 1.33. The van der Waals surface area contributed by atoms with E-state index in [2.05, 4.69) is 139 Å². The minimum absolute atomic E-state index is 0.155. The number of benzene rings is 5. The summed E-state index contributed by atoms with van der Waals surface area (Å²) in [6.45, 7) is 0. The van der Waals surface area contributed by atoms with Crippen molar-refractivity contribution in [3.05, 3.63) is 156 Å². The molecule has 6 aromatic rings. The summed E-state index contributed by atoms with van der Waals surface area (Å²) in [6.07, 6.45) is 0. The quantitative estimate of drug-likeness (QED) is 0.194. The molecule has 0 spiro atoms. The highest BCUT2D eigenvalue weighted by atomic mass is 32.2. The van der Waals surface area contributed by atoms with Gasteiger partial charge in [-0.15, -0.1) is 11.3 Å². The molecule has 0 saturated carbocycles. The summed E-state index contributed by atoms with van der Waals surface area (Å²) >= 11 is 5.43. The van der Waals surface area contributed by atoms with Gasteiger partial charge in [-0.05, 0) is 94.2 Å². The van der Waals surface area contributed by atoms with Gasteiger partial charge in [0.1, 0.15) is 0 Å². The van der Waals surface area contributed by atoms with E-state index in [0.717, 1.165) is 0 Å². The molecule has 0 unspecified atom stereocenters. The zero-order valence-electron chi connectivity index (χ0n) is 19.6. The van der Waals surface area contributed by atoms with E-state index in [4.69, 9.17) is 0 Å². The van der Waals surface area contributed by atoms with Gasteiger partial charge in [-0.2, -0.15) is 0 Å². The Morgan fingerprint density at radius 3 is 1.56 bits per heavy atom. The topological polar surface area (TPSA) is 0 Å². The number of fused-ring (bicyclic) bond motifs is 1. The highest BCUT2D eigenvalue weighted by Crippen LogP contribution is 2.39. The largest absolute Gasteiger partial charge is 0.144 e. The molecule has 0 bridgehead atoms. The van der Waals surface area contributed by atoms with Crippen molar-refractivity contribution < 1.29 is 0 Å². The van der Waals surface area contributed by atoms with Crippen LogP contribution in [0.2, 0.25) is 0 Å². The molecule has 0 amide bonds. The monoisotopic (exact) mass is 516 g/mol. The van der Waals surface area contributed by atoms with Crippen LogP contribution in [0.3, 0.4) is 0 Å². The fourth-order valence-electron chi connectivity index (χ4n) is 4.51. The van der Waals surface area contributed by atoms with Gasteiger partial charge >= 0.3 is 0 Å². The summed E-state index contributed by atoms with van der Waals surface area (Å²) in [4.78, 5) is 5.03. The third kappa shape index (κ3) is 5.29. The highest BCUT2D eigenvalue weighted by molar-refractivity contribution is 7.99. The Morgan fingerprint density at radius 1 is 0.444 bits per heavy atom. The van der Waals surface area contributed by atoms with Gasteiger partial charge in [0.25, 0.3) is 0 Å². The van der Waals surface area contributed by atoms with Crippen molar-refractivity contribution in [3.8, 4) is 0 Å². The van der Waals surface area contributed by atoms with E-state index in [9.17, 15) is 0 Å². The second-order valence-electron chi connectivity index (χ2n) is 8.63. The molecule has 0 N–H and O–H groups in total. The Hall–Kier alpha value is -3.24. The van der Waals surface area contributed by atoms with E-state index < -0.39 is 0 Å². The minimum atomic E-state index is 0.155. The fraction of sp³-hybridized carbons (Fsp3) is 0.0303. The maximum atomic E-state index is 2.37. The van der Waals surface area contributed by atoms with Crippen molar-refractivity contribution in [3.63, 3.8) is 0 Å². The van der Waals surface area contributed by atoms with Crippen molar-refractivity contribution in [2.45, 2.75) is 25.5 Å². The first-order valence-corrected chi connectivity index (χ1v) is 14.5. The predicted molar refractivity (Wildman–Crippen MR) is 157 cm³/mol. The van der Waals surface area contributed by atoms with E-state index in [1.165, 1.54) is 46.4 Å². The van der Waals surface area contributed by atoms with Gasteiger partial charge in [0, 0.05) is 30.2 Å². The highest BCUT2D eigenvalue weighted by Gasteiger charge is 2.19. The van der Waals surface area contributed by atoms with Crippen LogP contribution in [0.25, 0.3) is 10.1 Å². The summed E-state index contributed by atoms with van der Waals surface area (Å²) in [5.41, 5.74) is 3.95. The van der Waals surface area contributed by atoms with E-state index >= 15 is 0 Å². The molecule has 0 aliphatic carbocycles. The molecule has 0 atom stereocenters. The molecule has 0 fully saturated rings. The maximum absolute atomic E-state index is 2.37. The average molecular weight is 517 g/mol. The Labute approximate surface area is 225 Å². The molecule has 0 aliphatic heterocycles. The third-order valence-electron chi connectivity index (χ3n) is 6.15. The first-order chi connectivity index (χ1) is 17.8. The fourth-order valence-corrected chi connectivity index (χ4v) is 7.09. The van der Waals surface area contributed by atoms with Crippen LogP contribution >= 0.6 is 34.9 Å². The molecule has 3 heteroatoms. The first-order valence-electron chi connectivity index (χ1n) is 11.9. The molecule has 6 rings (SSSR count). The normalized spacial score (nSPS) is 11.2. The lowest BCUT2D eigenvalue weighted by Gasteiger charge is -2.21. The van der Waals surface area contributed by atoms with Gasteiger partial charge < -0.3 is 0 Å². The van der Waals surface area contributed by atoms with Gasteiger partial charge in [0.2, 0.25) is 0 Å². The number of hydrogen-bond acceptors (Lipinski definition) is 3. The summed E-state index contributed by atoms with van der Waals surface area (Å²) in [5, 5.41) is 3.49. The van der Waals surface area contributed by atoms with E-state index in [1.54, 1.807) is 11.3 Å². The molecule has 0 radical (unpaired) electrons. The van der Waals surface area contributed by atoms with Crippen LogP contribution in [0.15, 0.2) is 158 Å². The second-order valence-corrected chi connectivity index (χ2v) is 11.9. The molecule has 1 aromatic heterocycles. The van der Waals surface area contributed by atoms with Gasteiger partial charge in [-0.3, -0.25) is 0 Å². The molecule has 36 heavy (non-hydrogen) atoms. The van der Waals surface area contributed by atoms with Crippen LogP contribution in [-0.4, -0.2) is 0 Å². The summed E-state index contributed by atoms with van der Waals surface area (Å²) in [5.74, 6) is 0.155. The van der Waals surface area contributed by atoms with Crippen molar-refractivity contribution in [1.82, 2.24) is 0 Å². The van der Waals surface area contributed by atoms with Crippen molar-refractivity contribution in [2.75, 3.05) is 0 Å². The van der Waals surface area contributed by atoms with E-state index in [1.807, 2.05) is 23.5 Å². The number of rotatable bonds is 7. The van der Waals surface area contributed by atoms with Crippen LogP contribution in [-0.2, 0) is 0 Å². The van der Waals surface area contributed by atoms with Crippen LogP contribution in [0.5, 0.6) is 0 Å². The van der Waals surface area contributed by atoms with Gasteiger partial charge in [0.05, 0.1) is 0 Å². The van der Waals surface area contributed by atoms with Crippen molar-refractivity contribution >= 4 is 44.9 Å². The molecule has 0 nitrogen and oxygen atoms in total.